The van der Waals surface area contributed by atoms with Gasteiger partial charge in [-0.15, -0.1) is 11.8 Å². The van der Waals surface area contributed by atoms with Gasteiger partial charge in [0.25, 0.3) is 0 Å². The first-order valence-corrected chi connectivity index (χ1v) is 11.6. The molecule has 1 saturated heterocycles. The van der Waals surface area contributed by atoms with Crippen LogP contribution in [-0.4, -0.2) is 51.7 Å². The summed E-state index contributed by atoms with van der Waals surface area (Å²) in [6.07, 6.45) is 1.52. The minimum absolute atomic E-state index is 0.0279. The molecule has 0 radical (unpaired) electrons. The second kappa shape index (κ2) is 9.87. The lowest BCUT2D eigenvalue weighted by molar-refractivity contribution is -0.119. The fraction of sp³-hybridized carbons (Fsp3) is 0.348. The van der Waals surface area contributed by atoms with Crippen LogP contribution >= 0.6 is 11.8 Å². The normalized spacial score (nSPS) is 15.6. The van der Waals surface area contributed by atoms with Crippen LogP contribution in [0.1, 0.15) is 30.8 Å². The number of para-hydroxylation sites is 3. The number of H-pyrrole nitrogens is 1. The molecule has 1 unspecified atom stereocenters. The molecule has 2 heterocycles. The van der Waals surface area contributed by atoms with E-state index in [1.807, 2.05) is 54.6 Å². The number of carbonyl (C=O) groups is 2. The van der Waals surface area contributed by atoms with Crippen molar-refractivity contribution in [3.63, 3.8) is 0 Å². The van der Waals surface area contributed by atoms with E-state index in [-0.39, 0.29) is 23.2 Å². The van der Waals surface area contributed by atoms with Gasteiger partial charge in [-0.2, -0.15) is 0 Å². The smallest absolute Gasteiger partial charge is 0.321 e. The molecule has 1 atom stereocenters. The predicted molar refractivity (Wildman–Crippen MR) is 125 cm³/mol. The van der Waals surface area contributed by atoms with Gasteiger partial charge < -0.3 is 20.5 Å². The fourth-order valence-corrected chi connectivity index (χ4v) is 4.42. The predicted octanol–water partition coefficient (Wildman–Crippen LogP) is 4.17. The van der Waals surface area contributed by atoms with Gasteiger partial charge in [-0.25, -0.2) is 9.78 Å². The van der Waals surface area contributed by atoms with Crippen molar-refractivity contribution in [2.45, 2.75) is 31.1 Å². The van der Waals surface area contributed by atoms with E-state index in [0.29, 0.717) is 18.8 Å². The number of nitrogens with one attached hydrogen (secondary N) is 3. The number of benzene rings is 2. The number of imidazole rings is 1. The second-order valence-corrected chi connectivity index (χ2v) is 9.05. The second-order valence-electron chi connectivity index (χ2n) is 7.72. The van der Waals surface area contributed by atoms with Crippen molar-refractivity contribution in [3.05, 3.63) is 60.4 Å². The molecule has 1 fully saturated rings. The molecule has 3 aromatic rings. The number of anilines is 1. The molecule has 162 valence electrons. The Balaban J connectivity index is 1.19. The van der Waals surface area contributed by atoms with E-state index in [1.54, 1.807) is 16.7 Å². The van der Waals surface area contributed by atoms with Crippen LogP contribution in [0.2, 0.25) is 0 Å². The standard InChI is InChI=1S/C23H27N5O2S/c1-16(22-26-19-9-5-6-10-20(19)27-22)31-15-21(29)24-18-11-13-28(14-12-18)23(30)25-17-7-3-2-4-8-17/h2-10,16,18H,11-15H2,1H3,(H,24,29)(H,25,30)(H,26,27). The van der Waals surface area contributed by atoms with Gasteiger partial charge in [0.2, 0.25) is 5.91 Å². The van der Waals surface area contributed by atoms with Crippen LogP contribution in [0.15, 0.2) is 54.6 Å². The number of hydrogen-bond donors (Lipinski definition) is 3. The van der Waals surface area contributed by atoms with E-state index in [2.05, 4.69) is 27.5 Å². The Morgan fingerprint density at radius 1 is 1.13 bits per heavy atom. The molecule has 4 rings (SSSR count). The van der Waals surface area contributed by atoms with Gasteiger partial charge >= 0.3 is 6.03 Å². The third-order valence-electron chi connectivity index (χ3n) is 5.43. The Morgan fingerprint density at radius 2 is 1.84 bits per heavy atom. The lowest BCUT2D eigenvalue weighted by Crippen LogP contribution is -2.48. The van der Waals surface area contributed by atoms with Crippen molar-refractivity contribution < 1.29 is 9.59 Å². The summed E-state index contributed by atoms with van der Waals surface area (Å²) < 4.78 is 0. The van der Waals surface area contributed by atoms with E-state index in [9.17, 15) is 9.59 Å². The van der Waals surface area contributed by atoms with Gasteiger partial charge in [0.05, 0.1) is 22.0 Å². The monoisotopic (exact) mass is 437 g/mol. The average molecular weight is 438 g/mol. The highest BCUT2D eigenvalue weighted by Gasteiger charge is 2.24. The molecule has 1 aliphatic rings. The van der Waals surface area contributed by atoms with Crippen molar-refractivity contribution in [2.75, 3.05) is 24.2 Å². The molecule has 7 nitrogen and oxygen atoms in total. The summed E-state index contributed by atoms with van der Waals surface area (Å²) in [7, 11) is 0. The SMILES string of the molecule is CC(SCC(=O)NC1CCN(C(=O)Nc2ccccc2)CC1)c1nc2ccccc2[nH]1. The molecule has 0 aliphatic carbocycles. The third-order valence-corrected chi connectivity index (χ3v) is 6.58. The highest BCUT2D eigenvalue weighted by Crippen LogP contribution is 2.27. The minimum Gasteiger partial charge on any atom is -0.353 e. The maximum Gasteiger partial charge on any atom is 0.321 e. The molecule has 0 spiro atoms. The van der Waals surface area contributed by atoms with Crippen molar-refractivity contribution >= 4 is 40.4 Å². The van der Waals surface area contributed by atoms with Crippen LogP contribution in [0, 0.1) is 0 Å². The number of likely N-dealkylation sites (tertiary alicyclic amines) is 1. The number of nitrogens with zero attached hydrogens (tertiary/aromatic N) is 2. The number of hydrogen-bond acceptors (Lipinski definition) is 4. The van der Waals surface area contributed by atoms with Crippen molar-refractivity contribution in [1.82, 2.24) is 20.2 Å². The number of aromatic nitrogens is 2. The Hall–Kier alpha value is -3.00. The van der Waals surface area contributed by atoms with Crippen LogP contribution < -0.4 is 10.6 Å². The molecule has 0 bridgehead atoms. The van der Waals surface area contributed by atoms with Gasteiger partial charge in [0.1, 0.15) is 5.82 Å². The van der Waals surface area contributed by atoms with Gasteiger partial charge in [-0.1, -0.05) is 30.3 Å². The molecule has 1 aromatic heterocycles. The molecule has 3 amide bonds. The molecule has 31 heavy (non-hydrogen) atoms. The maximum atomic E-state index is 12.4. The van der Waals surface area contributed by atoms with E-state index in [0.717, 1.165) is 35.4 Å². The first kappa shape index (κ1) is 21.2. The van der Waals surface area contributed by atoms with E-state index < -0.39 is 0 Å². The van der Waals surface area contributed by atoms with Crippen molar-refractivity contribution in [3.8, 4) is 0 Å². The number of aromatic amines is 1. The molecule has 3 N–H and O–H groups in total. The minimum atomic E-state index is -0.0915. The van der Waals surface area contributed by atoms with Gasteiger partial charge in [-0.05, 0) is 44.0 Å². The number of piperidine rings is 1. The zero-order valence-corrected chi connectivity index (χ0v) is 18.3. The van der Waals surface area contributed by atoms with Crippen LogP contribution in [-0.2, 0) is 4.79 Å². The van der Waals surface area contributed by atoms with E-state index in [1.165, 1.54) is 0 Å². The number of amides is 3. The number of fused-ring (bicyclic) bond motifs is 1. The summed E-state index contributed by atoms with van der Waals surface area (Å²) in [4.78, 5) is 34.5. The van der Waals surface area contributed by atoms with Crippen molar-refractivity contribution in [2.24, 2.45) is 0 Å². The number of carbonyl (C=O) groups excluding carboxylic acids is 2. The Morgan fingerprint density at radius 3 is 2.58 bits per heavy atom. The molecule has 1 aliphatic heterocycles. The highest BCUT2D eigenvalue weighted by molar-refractivity contribution is 8.00. The molecule has 8 heteroatoms. The summed E-state index contributed by atoms with van der Waals surface area (Å²) in [6.45, 7) is 3.32. The largest absolute Gasteiger partial charge is 0.353 e. The van der Waals surface area contributed by atoms with E-state index in [4.69, 9.17) is 0 Å². The first-order chi connectivity index (χ1) is 15.1. The van der Waals surface area contributed by atoms with Crippen LogP contribution in [0.3, 0.4) is 0 Å². The van der Waals surface area contributed by atoms with Crippen molar-refractivity contribution in [1.29, 1.82) is 0 Å². The van der Waals surface area contributed by atoms with Crippen LogP contribution in [0.25, 0.3) is 11.0 Å². The lowest BCUT2D eigenvalue weighted by Gasteiger charge is -2.32. The van der Waals surface area contributed by atoms with Gasteiger partial charge in [0.15, 0.2) is 0 Å². The molecular weight excluding hydrogens is 410 g/mol. The summed E-state index contributed by atoms with van der Waals surface area (Å²) in [5.41, 5.74) is 2.74. The van der Waals surface area contributed by atoms with Crippen LogP contribution in [0.5, 0.6) is 0 Å². The van der Waals surface area contributed by atoms with Gasteiger partial charge in [0, 0.05) is 24.8 Å². The van der Waals surface area contributed by atoms with E-state index >= 15 is 0 Å². The number of urea groups is 1. The first-order valence-electron chi connectivity index (χ1n) is 10.5. The third kappa shape index (κ3) is 5.58. The summed E-state index contributed by atoms with van der Waals surface area (Å²) >= 11 is 1.57. The Bertz CT molecular complexity index is 998. The fourth-order valence-electron chi connectivity index (χ4n) is 3.66. The lowest BCUT2D eigenvalue weighted by atomic mass is 10.1. The van der Waals surface area contributed by atoms with Gasteiger partial charge in [-0.3, -0.25) is 4.79 Å². The van der Waals surface area contributed by atoms with Crippen LogP contribution in [0.4, 0.5) is 10.5 Å². The Kier molecular flexibility index (Phi) is 6.76. The summed E-state index contributed by atoms with van der Waals surface area (Å²) in [5.74, 6) is 1.30. The molecular formula is C23H27N5O2S. The summed E-state index contributed by atoms with van der Waals surface area (Å²) in [5, 5.41) is 6.12. The molecule has 2 aromatic carbocycles. The average Bonchev–Trinajstić information content (AvgIpc) is 3.23. The quantitative estimate of drug-likeness (QED) is 0.540. The number of thioether (sulfide) groups is 1. The zero-order chi connectivity index (χ0) is 21.6. The molecule has 0 saturated carbocycles. The zero-order valence-electron chi connectivity index (χ0n) is 17.5. The maximum absolute atomic E-state index is 12.4. The topological polar surface area (TPSA) is 90.1 Å². The Labute approximate surface area is 186 Å². The number of rotatable bonds is 6. The summed E-state index contributed by atoms with van der Waals surface area (Å²) in [6, 6.07) is 17.4. The highest BCUT2D eigenvalue weighted by atomic mass is 32.2.